The van der Waals surface area contributed by atoms with Crippen LogP contribution in [0.5, 0.6) is 5.75 Å². The number of carbonyl (C=O) groups is 2. The molecule has 1 aromatic heterocycles. The zero-order chi connectivity index (χ0) is 26.2. The van der Waals surface area contributed by atoms with Crippen LogP contribution in [0.25, 0.3) is 0 Å². The van der Waals surface area contributed by atoms with Crippen LogP contribution in [-0.4, -0.2) is 54.0 Å². The molecule has 0 unspecified atom stereocenters. The Hall–Kier alpha value is -3.56. The van der Waals surface area contributed by atoms with Gasteiger partial charge in [0.2, 0.25) is 17.1 Å². The van der Waals surface area contributed by atoms with Crippen LogP contribution in [-0.2, 0) is 17.9 Å². The van der Waals surface area contributed by atoms with E-state index >= 15 is 0 Å². The quantitative estimate of drug-likeness (QED) is 0.443. The molecule has 0 aliphatic carbocycles. The number of hydrogen-bond acceptors (Lipinski definition) is 7. The highest BCUT2D eigenvalue weighted by molar-refractivity contribution is 7.98. The summed E-state index contributed by atoms with van der Waals surface area (Å²) in [5, 5.41) is 2.70. The molecule has 0 radical (unpaired) electrons. The Kier molecular flexibility index (Phi) is 9.03. The van der Waals surface area contributed by atoms with Crippen LogP contribution in [0.4, 0.5) is 5.69 Å². The first-order chi connectivity index (χ1) is 17.9. The number of nitrogens with one attached hydrogen (secondary N) is 1. The summed E-state index contributed by atoms with van der Waals surface area (Å²) >= 11 is 1.67. The molecule has 0 saturated carbocycles. The van der Waals surface area contributed by atoms with Crippen molar-refractivity contribution in [1.29, 1.82) is 0 Å². The number of benzene rings is 2. The Bertz CT molecular complexity index is 1270. The summed E-state index contributed by atoms with van der Waals surface area (Å²) in [4.78, 5) is 41.9. The van der Waals surface area contributed by atoms with Crippen LogP contribution in [0.2, 0.25) is 0 Å². The Labute approximate surface area is 220 Å². The minimum atomic E-state index is -0.212. The number of nitrogens with zero attached hydrogens (tertiary/aromatic N) is 2. The minimum Gasteiger partial charge on any atom is -0.482 e. The van der Waals surface area contributed by atoms with Crippen molar-refractivity contribution >= 4 is 29.3 Å². The summed E-state index contributed by atoms with van der Waals surface area (Å²) in [7, 11) is 0. The van der Waals surface area contributed by atoms with Gasteiger partial charge in [0.1, 0.15) is 18.6 Å². The Balaban J connectivity index is 1.29. The lowest BCUT2D eigenvalue weighted by molar-refractivity contribution is -0.114. The number of carbonyl (C=O) groups excluding carboxylic acids is 2. The predicted octanol–water partition coefficient (Wildman–Crippen LogP) is 4.25. The Morgan fingerprint density at radius 3 is 2.46 bits per heavy atom. The molecule has 2 heterocycles. The molecule has 2 aromatic carbocycles. The van der Waals surface area contributed by atoms with Crippen molar-refractivity contribution in [3.8, 4) is 5.75 Å². The normalized spacial score (nSPS) is 14.2. The van der Waals surface area contributed by atoms with Crippen molar-refractivity contribution in [1.82, 2.24) is 9.80 Å². The maximum Gasteiger partial charge on any atom is 0.253 e. The first-order valence-corrected chi connectivity index (χ1v) is 13.4. The van der Waals surface area contributed by atoms with E-state index in [9.17, 15) is 14.4 Å². The number of hydrogen-bond donors (Lipinski definition) is 1. The van der Waals surface area contributed by atoms with E-state index in [0.29, 0.717) is 49.8 Å². The maximum atomic E-state index is 13.0. The lowest BCUT2D eigenvalue weighted by Gasteiger charge is -2.22. The predicted molar refractivity (Wildman–Crippen MR) is 144 cm³/mol. The number of ether oxygens (including phenoxy) is 1. The summed E-state index contributed by atoms with van der Waals surface area (Å²) in [5.41, 5.74) is 2.02. The number of anilines is 1. The van der Waals surface area contributed by atoms with Gasteiger partial charge < -0.3 is 19.4 Å². The van der Waals surface area contributed by atoms with Crippen molar-refractivity contribution in [3.63, 3.8) is 0 Å². The van der Waals surface area contributed by atoms with E-state index < -0.39 is 0 Å². The third kappa shape index (κ3) is 7.47. The van der Waals surface area contributed by atoms with E-state index in [1.165, 1.54) is 24.1 Å². The molecule has 0 spiro atoms. The second-order valence-corrected chi connectivity index (χ2v) is 9.77. The third-order valence-corrected chi connectivity index (χ3v) is 6.86. The lowest BCUT2D eigenvalue weighted by atomic mass is 10.1. The number of rotatable bonds is 8. The second-order valence-electron chi connectivity index (χ2n) is 8.89. The molecule has 194 valence electrons. The minimum absolute atomic E-state index is 0.0349. The molecule has 37 heavy (non-hydrogen) atoms. The molecular formula is C28H31N3O5S. The summed E-state index contributed by atoms with van der Waals surface area (Å²) in [6, 6.07) is 16.4. The van der Waals surface area contributed by atoms with Crippen LogP contribution in [0.1, 0.15) is 35.0 Å². The van der Waals surface area contributed by atoms with E-state index in [-0.39, 0.29) is 23.0 Å². The maximum absolute atomic E-state index is 13.0. The zero-order valence-electron chi connectivity index (χ0n) is 21.1. The SMILES string of the molecule is CSc1ccc(COc2coc(CN3CCCN(C(=O)c4ccc(NC(C)=O)cc4)CC3)cc2=O)cc1. The fraction of sp³-hybridized carbons (Fsp3) is 0.321. The van der Waals surface area contributed by atoms with Gasteiger partial charge >= 0.3 is 0 Å². The molecule has 1 saturated heterocycles. The molecule has 0 atom stereocenters. The van der Waals surface area contributed by atoms with Gasteiger partial charge in [-0.3, -0.25) is 19.3 Å². The van der Waals surface area contributed by atoms with Crippen molar-refractivity contribution < 1.29 is 18.7 Å². The number of thioether (sulfide) groups is 1. The molecular weight excluding hydrogens is 490 g/mol. The van der Waals surface area contributed by atoms with Crippen LogP contribution < -0.4 is 15.5 Å². The molecule has 3 aromatic rings. The van der Waals surface area contributed by atoms with Crippen molar-refractivity contribution in [3.05, 3.63) is 88.0 Å². The van der Waals surface area contributed by atoms with Crippen molar-refractivity contribution in [2.45, 2.75) is 31.4 Å². The van der Waals surface area contributed by atoms with Gasteiger partial charge in [0.05, 0.1) is 6.54 Å². The van der Waals surface area contributed by atoms with Crippen LogP contribution >= 0.6 is 11.8 Å². The van der Waals surface area contributed by atoms with Crippen molar-refractivity contribution in [2.24, 2.45) is 0 Å². The summed E-state index contributed by atoms with van der Waals surface area (Å²) in [6.45, 7) is 4.92. The topological polar surface area (TPSA) is 92.1 Å². The smallest absolute Gasteiger partial charge is 0.253 e. The summed E-state index contributed by atoms with van der Waals surface area (Å²) in [5.74, 6) is 0.568. The van der Waals surface area contributed by atoms with Gasteiger partial charge in [-0.15, -0.1) is 11.8 Å². The molecule has 4 rings (SSSR count). The first-order valence-electron chi connectivity index (χ1n) is 12.2. The van der Waals surface area contributed by atoms with Gasteiger partial charge in [0.25, 0.3) is 5.91 Å². The van der Waals surface area contributed by atoms with Gasteiger partial charge in [-0.1, -0.05) is 12.1 Å². The highest BCUT2D eigenvalue weighted by Gasteiger charge is 2.21. The number of amides is 2. The van der Waals surface area contributed by atoms with E-state index in [1.54, 1.807) is 36.0 Å². The summed E-state index contributed by atoms with van der Waals surface area (Å²) in [6.07, 6.45) is 4.22. The first kappa shape index (κ1) is 26.5. The van der Waals surface area contributed by atoms with Crippen LogP contribution in [0, 0.1) is 0 Å². The average molecular weight is 522 g/mol. The fourth-order valence-electron chi connectivity index (χ4n) is 4.14. The largest absolute Gasteiger partial charge is 0.482 e. The van der Waals surface area contributed by atoms with Gasteiger partial charge in [-0.25, -0.2) is 0 Å². The third-order valence-electron chi connectivity index (χ3n) is 6.11. The monoisotopic (exact) mass is 521 g/mol. The highest BCUT2D eigenvalue weighted by atomic mass is 32.2. The Morgan fingerprint density at radius 1 is 1.03 bits per heavy atom. The second kappa shape index (κ2) is 12.6. The van der Waals surface area contributed by atoms with Gasteiger partial charge in [0.15, 0.2) is 0 Å². The van der Waals surface area contributed by atoms with E-state index in [2.05, 4.69) is 10.2 Å². The van der Waals surface area contributed by atoms with Crippen LogP contribution in [0.15, 0.2) is 75.0 Å². The molecule has 8 nitrogen and oxygen atoms in total. The average Bonchev–Trinajstić information content (AvgIpc) is 3.14. The molecule has 1 N–H and O–H groups in total. The molecule has 1 aliphatic rings. The molecule has 1 aliphatic heterocycles. The van der Waals surface area contributed by atoms with Gasteiger partial charge in [-0.2, -0.15) is 0 Å². The Morgan fingerprint density at radius 2 is 1.78 bits per heavy atom. The van der Waals surface area contributed by atoms with Gasteiger partial charge in [0, 0.05) is 55.3 Å². The van der Waals surface area contributed by atoms with E-state index in [0.717, 1.165) is 18.5 Å². The molecule has 1 fully saturated rings. The highest BCUT2D eigenvalue weighted by Crippen LogP contribution is 2.17. The lowest BCUT2D eigenvalue weighted by Crippen LogP contribution is -2.35. The van der Waals surface area contributed by atoms with E-state index in [1.807, 2.05) is 35.4 Å². The van der Waals surface area contributed by atoms with Gasteiger partial charge in [-0.05, 0) is 54.6 Å². The standard InChI is InChI=1S/C28H31N3O5S/c1-20(32)29-23-8-6-22(7-9-23)28(34)31-13-3-12-30(14-15-31)17-24-16-26(33)27(19-35-24)36-18-21-4-10-25(37-2)11-5-21/h4-11,16,19H,3,12-15,17-18H2,1-2H3,(H,29,32). The summed E-state index contributed by atoms with van der Waals surface area (Å²) < 4.78 is 11.4. The van der Waals surface area contributed by atoms with Crippen LogP contribution in [0.3, 0.4) is 0 Å². The molecule has 9 heteroatoms. The fourth-order valence-corrected chi connectivity index (χ4v) is 4.55. The molecule has 2 amide bonds. The zero-order valence-corrected chi connectivity index (χ0v) is 21.9. The molecule has 0 bridgehead atoms. The van der Waals surface area contributed by atoms with E-state index in [4.69, 9.17) is 9.15 Å². The van der Waals surface area contributed by atoms with Crippen molar-refractivity contribution in [2.75, 3.05) is 37.8 Å².